The molecule has 0 aliphatic rings. The first-order valence-corrected chi connectivity index (χ1v) is 6.81. The summed E-state index contributed by atoms with van der Waals surface area (Å²) >= 11 is 3.18. The van der Waals surface area contributed by atoms with E-state index >= 15 is 0 Å². The Balaban J connectivity index is 2.31. The Hall–Kier alpha value is -2.34. The lowest BCUT2D eigenvalue weighted by atomic mass is 10.1. The topological polar surface area (TPSA) is 86.6 Å². The fourth-order valence-corrected chi connectivity index (χ4v) is 2.11. The Labute approximate surface area is 129 Å². The lowest BCUT2D eigenvalue weighted by molar-refractivity contribution is 0.0698. The zero-order valence-electron chi connectivity index (χ0n) is 11.1. The summed E-state index contributed by atoms with van der Waals surface area (Å²) in [5.74, 6) is -1.62. The number of amides is 1. The number of nitrogens with one attached hydrogen (secondary N) is 1. The highest BCUT2D eigenvalue weighted by molar-refractivity contribution is 9.10. The quantitative estimate of drug-likeness (QED) is 0.792. The molecule has 0 spiro atoms. The molecule has 0 aromatic heterocycles. The van der Waals surface area contributed by atoms with E-state index in [1.54, 1.807) is 25.1 Å². The second-order valence-electron chi connectivity index (χ2n) is 4.45. The summed E-state index contributed by atoms with van der Waals surface area (Å²) in [5, 5.41) is 21.3. The molecule has 108 valence electrons. The molecule has 0 bridgehead atoms. The predicted octanol–water partition coefficient (Wildman–Crippen LogP) is 3.41. The van der Waals surface area contributed by atoms with Crippen molar-refractivity contribution in [3.8, 4) is 5.75 Å². The SMILES string of the molecule is Cc1ccc(C(=O)Nc2ccc(Br)cc2C(=O)O)cc1O. The van der Waals surface area contributed by atoms with Crippen molar-refractivity contribution in [1.29, 1.82) is 0 Å². The van der Waals surface area contributed by atoms with E-state index in [0.717, 1.165) is 0 Å². The Morgan fingerprint density at radius 1 is 1.14 bits per heavy atom. The molecule has 3 N–H and O–H groups in total. The second kappa shape index (κ2) is 5.97. The van der Waals surface area contributed by atoms with E-state index in [1.165, 1.54) is 18.2 Å². The van der Waals surface area contributed by atoms with E-state index in [0.29, 0.717) is 10.0 Å². The van der Waals surface area contributed by atoms with Crippen LogP contribution in [0.4, 0.5) is 5.69 Å². The number of aromatic hydroxyl groups is 1. The minimum absolute atomic E-state index is 0.0110. The lowest BCUT2D eigenvalue weighted by Crippen LogP contribution is -2.14. The van der Waals surface area contributed by atoms with Crippen LogP contribution in [0.25, 0.3) is 0 Å². The fourth-order valence-electron chi connectivity index (χ4n) is 1.75. The van der Waals surface area contributed by atoms with E-state index in [-0.39, 0.29) is 22.6 Å². The Kier molecular flexibility index (Phi) is 4.28. The number of hydrogen-bond acceptors (Lipinski definition) is 3. The van der Waals surface area contributed by atoms with Crippen molar-refractivity contribution < 1.29 is 19.8 Å². The van der Waals surface area contributed by atoms with Gasteiger partial charge in [-0.1, -0.05) is 22.0 Å². The number of carbonyl (C=O) groups is 2. The molecule has 5 nitrogen and oxygen atoms in total. The van der Waals surface area contributed by atoms with Crippen LogP contribution in [0.15, 0.2) is 40.9 Å². The van der Waals surface area contributed by atoms with Gasteiger partial charge in [0.2, 0.25) is 0 Å². The van der Waals surface area contributed by atoms with Gasteiger partial charge in [0.05, 0.1) is 11.3 Å². The van der Waals surface area contributed by atoms with Crippen LogP contribution in [0.3, 0.4) is 0 Å². The molecule has 0 unspecified atom stereocenters. The number of phenols is 1. The molecule has 2 aromatic rings. The van der Waals surface area contributed by atoms with Gasteiger partial charge in [0.15, 0.2) is 0 Å². The molecule has 0 atom stereocenters. The minimum atomic E-state index is -1.14. The fraction of sp³-hybridized carbons (Fsp3) is 0.0667. The molecule has 1 amide bonds. The van der Waals surface area contributed by atoms with Crippen LogP contribution in [0.5, 0.6) is 5.75 Å². The van der Waals surface area contributed by atoms with Crippen LogP contribution in [0.2, 0.25) is 0 Å². The van der Waals surface area contributed by atoms with Crippen LogP contribution >= 0.6 is 15.9 Å². The van der Waals surface area contributed by atoms with Crippen LogP contribution < -0.4 is 5.32 Å². The third-order valence-corrected chi connectivity index (χ3v) is 3.42. The number of halogens is 1. The number of rotatable bonds is 3. The molecule has 0 radical (unpaired) electrons. The van der Waals surface area contributed by atoms with Gasteiger partial charge in [0.25, 0.3) is 5.91 Å². The first-order valence-electron chi connectivity index (χ1n) is 6.02. The summed E-state index contributed by atoms with van der Waals surface area (Å²) in [6.07, 6.45) is 0. The summed E-state index contributed by atoms with van der Waals surface area (Å²) in [5.41, 5.74) is 1.07. The van der Waals surface area contributed by atoms with Gasteiger partial charge in [-0.05, 0) is 42.8 Å². The number of anilines is 1. The smallest absolute Gasteiger partial charge is 0.337 e. The molecule has 6 heteroatoms. The zero-order valence-corrected chi connectivity index (χ0v) is 12.6. The normalized spacial score (nSPS) is 10.2. The Morgan fingerprint density at radius 3 is 2.48 bits per heavy atom. The molecule has 2 rings (SSSR count). The Bertz CT molecular complexity index is 728. The molecule has 0 aliphatic carbocycles. The number of carbonyl (C=O) groups excluding carboxylic acids is 1. The summed E-state index contributed by atoms with van der Waals surface area (Å²) < 4.78 is 0.603. The van der Waals surface area contributed by atoms with E-state index in [9.17, 15) is 14.7 Å². The van der Waals surface area contributed by atoms with Crippen LogP contribution in [-0.4, -0.2) is 22.1 Å². The maximum absolute atomic E-state index is 12.1. The monoisotopic (exact) mass is 349 g/mol. The van der Waals surface area contributed by atoms with E-state index in [1.807, 2.05) is 0 Å². The van der Waals surface area contributed by atoms with Crippen molar-refractivity contribution in [2.45, 2.75) is 6.92 Å². The number of aryl methyl sites for hydroxylation is 1. The van der Waals surface area contributed by atoms with Crippen molar-refractivity contribution in [3.05, 3.63) is 57.6 Å². The standard InChI is InChI=1S/C15H12BrNO4/c1-8-2-3-9(6-13(8)18)14(19)17-12-5-4-10(16)7-11(12)15(20)21/h2-7,18H,1H3,(H,17,19)(H,20,21). The lowest BCUT2D eigenvalue weighted by Gasteiger charge is -2.09. The number of phenolic OH excluding ortho intramolecular Hbond substituents is 1. The van der Waals surface area contributed by atoms with Gasteiger partial charge >= 0.3 is 5.97 Å². The zero-order chi connectivity index (χ0) is 15.6. The van der Waals surface area contributed by atoms with Gasteiger partial charge in [0.1, 0.15) is 5.75 Å². The number of hydrogen-bond donors (Lipinski definition) is 3. The number of carboxylic acids is 1. The van der Waals surface area contributed by atoms with Crippen molar-refractivity contribution in [2.24, 2.45) is 0 Å². The molecule has 0 aliphatic heterocycles. The summed E-state index contributed by atoms with van der Waals surface area (Å²) in [4.78, 5) is 23.3. The van der Waals surface area contributed by atoms with Crippen molar-refractivity contribution in [3.63, 3.8) is 0 Å². The first kappa shape index (κ1) is 15.1. The third-order valence-electron chi connectivity index (χ3n) is 2.93. The van der Waals surface area contributed by atoms with E-state index in [4.69, 9.17) is 5.11 Å². The largest absolute Gasteiger partial charge is 0.508 e. The molecular formula is C15H12BrNO4. The highest BCUT2D eigenvalue weighted by Crippen LogP contribution is 2.23. The molecule has 0 saturated carbocycles. The molecule has 0 fully saturated rings. The van der Waals surface area contributed by atoms with E-state index in [2.05, 4.69) is 21.2 Å². The number of carboxylic acid groups (broad SMARTS) is 1. The van der Waals surface area contributed by atoms with Gasteiger partial charge in [-0.2, -0.15) is 0 Å². The van der Waals surface area contributed by atoms with Gasteiger partial charge in [-0.15, -0.1) is 0 Å². The highest BCUT2D eigenvalue weighted by Gasteiger charge is 2.14. The molecule has 2 aromatic carbocycles. The van der Waals surface area contributed by atoms with Crippen molar-refractivity contribution in [2.75, 3.05) is 5.32 Å². The maximum Gasteiger partial charge on any atom is 0.337 e. The number of benzene rings is 2. The first-order chi connectivity index (χ1) is 9.88. The second-order valence-corrected chi connectivity index (χ2v) is 5.37. The minimum Gasteiger partial charge on any atom is -0.508 e. The highest BCUT2D eigenvalue weighted by atomic mass is 79.9. The van der Waals surface area contributed by atoms with Gasteiger partial charge in [-0.3, -0.25) is 4.79 Å². The summed E-state index contributed by atoms with van der Waals surface area (Å²) in [6, 6.07) is 9.05. The number of aromatic carboxylic acids is 1. The van der Waals surface area contributed by atoms with Crippen LogP contribution in [0.1, 0.15) is 26.3 Å². The van der Waals surface area contributed by atoms with Gasteiger partial charge < -0.3 is 15.5 Å². The summed E-state index contributed by atoms with van der Waals surface area (Å²) in [7, 11) is 0. The van der Waals surface area contributed by atoms with Gasteiger partial charge in [0, 0.05) is 10.0 Å². The van der Waals surface area contributed by atoms with Crippen LogP contribution in [-0.2, 0) is 0 Å². The third kappa shape index (κ3) is 3.41. The predicted molar refractivity (Wildman–Crippen MR) is 81.9 cm³/mol. The molecule has 0 heterocycles. The van der Waals surface area contributed by atoms with Crippen LogP contribution in [0, 0.1) is 6.92 Å². The average molecular weight is 350 g/mol. The molecule has 21 heavy (non-hydrogen) atoms. The Morgan fingerprint density at radius 2 is 1.86 bits per heavy atom. The maximum atomic E-state index is 12.1. The summed E-state index contributed by atoms with van der Waals surface area (Å²) in [6.45, 7) is 1.72. The van der Waals surface area contributed by atoms with E-state index < -0.39 is 11.9 Å². The van der Waals surface area contributed by atoms with Crippen molar-refractivity contribution in [1.82, 2.24) is 0 Å². The average Bonchev–Trinajstić information content (AvgIpc) is 2.43. The molecular weight excluding hydrogens is 338 g/mol. The van der Waals surface area contributed by atoms with Gasteiger partial charge in [-0.25, -0.2) is 4.79 Å². The molecule has 0 saturated heterocycles. The van der Waals surface area contributed by atoms with Crippen molar-refractivity contribution >= 4 is 33.5 Å².